The summed E-state index contributed by atoms with van der Waals surface area (Å²) in [5, 5.41) is 3.87. The Bertz CT molecular complexity index is 931. The first kappa shape index (κ1) is 17.6. The monoisotopic (exact) mass is 368 g/mol. The second-order valence-corrected chi connectivity index (χ2v) is 7.20. The minimum atomic E-state index is 0.0916. The van der Waals surface area contributed by atoms with Crippen LogP contribution >= 0.6 is 0 Å². The standard InChI is InChI=1S/C20H24N4O3/c1-13-11-18(14(2)24(13)12-17-5-4-10-26-17)20(25)23-8-6-16(7-9-23)19-21-15(3)22-27-19/h4-5,10-11,16H,6-9,12H2,1-3H3. The summed E-state index contributed by atoms with van der Waals surface area (Å²) in [4.78, 5) is 19.3. The Morgan fingerprint density at radius 3 is 2.67 bits per heavy atom. The smallest absolute Gasteiger partial charge is 0.255 e. The lowest BCUT2D eigenvalue weighted by atomic mass is 9.96. The van der Waals surface area contributed by atoms with Crippen LogP contribution < -0.4 is 0 Å². The van der Waals surface area contributed by atoms with E-state index in [0.717, 1.165) is 35.6 Å². The first-order valence-corrected chi connectivity index (χ1v) is 9.31. The number of piperidine rings is 1. The van der Waals surface area contributed by atoms with Crippen molar-refractivity contribution < 1.29 is 13.7 Å². The van der Waals surface area contributed by atoms with Crippen molar-refractivity contribution in [1.29, 1.82) is 0 Å². The second-order valence-electron chi connectivity index (χ2n) is 7.20. The maximum Gasteiger partial charge on any atom is 0.255 e. The molecule has 1 fully saturated rings. The minimum Gasteiger partial charge on any atom is -0.467 e. The molecule has 1 amide bonds. The summed E-state index contributed by atoms with van der Waals surface area (Å²) < 4.78 is 12.9. The fourth-order valence-corrected chi connectivity index (χ4v) is 3.80. The van der Waals surface area contributed by atoms with Crippen molar-refractivity contribution in [2.45, 2.75) is 46.1 Å². The number of nitrogens with zero attached hydrogens (tertiary/aromatic N) is 4. The third kappa shape index (κ3) is 3.41. The van der Waals surface area contributed by atoms with E-state index in [4.69, 9.17) is 8.94 Å². The molecule has 0 N–H and O–H groups in total. The number of rotatable bonds is 4. The SMILES string of the molecule is Cc1noc(C2CCN(C(=O)c3cc(C)n(Cc4ccco4)c3C)CC2)n1. The largest absolute Gasteiger partial charge is 0.467 e. The van der Waals surface area contributed by atoms with E-state index in [1.165, 1.54) is 0 Å². The predicted molar refractivity (Wildman–Crippen MR) is 98.6 cm³/mol. The number of likely N-dealkylation sites (tertiary alicyclic amines) is 1. The fourth-order valence-electron chi connectivity index (χ4n) is 3.80. The van der Waals surface area contributed by atoms with E-state index < -0.39 is 0 Å². The number of hydrogen-bond donors (Lipinski definition) is 0. The minimum absolute atomic E-state index is 0.0916. The van der Waals surface area contributed by atoms with Gasteiger partial charge < -0.3 is 18.4 Å². The van der Waals surface area contributed by atoms with Crippen LogP contribution in [0.25, 0.3) is 0 Å². The third-order valence-electron chi connectivity index (χ3n) is 5.37. The number of hydrogen-bond acceptors (Lipinski definition) is 5. The Labute approximate surface area is 158 Å². The third-order valence-corrected chi connectivity index (χ3v) is 5.37. The molecule has 0 unspecified atom stereocenters. The van der Waals surface area contributed by atoms with Crippen molar-refractivity contribution in [3.05, 3.63) is 58.9 Å². The Kier molecular flexibility index (Phi) is 4.59. The van der Waals surface area contributed by atoms with Crippen molar-refractivity contribution in [2.24, 2.45) is 0 Å². The normalized spacial score (nSPS) is 15.4. The van der Waals surface area contributed by atoms with Crippen LogP contribution in [0.5, 0.6) is 0 Å². The number of amides is 1. The highest BCUT2D eigenvalue weighted by Gasteiger charge is 2.29. The summed E-state index contributed by atoms with van der Waals surface area (Å²) in [5.41, 5.74) is 2.80. The fraction of sp³-hybridized carbons (Fsp3) is 0.450. The number of carbonyl (C=O) groups is 1. The van der Waals surface area contributed by atoms with Gasteiger partial charge in [0.15, 0.2) is 5.82 Å². The van der Waals surface area contributed by atoms with Crippen molar-refractivity contribution in [3.8, 4) is 0 Å². The van der Waals surface area contributed by atoms with Gasteiger partial charge in [-0.2, -0.15) is 4.98 Å². The molecule has 0 aliphatic carbocycles. The van der Waals surface area contributed by atoms with E-state index >= 15 is 0 Å². The zero-order valence-electron chi connectivity index (χ0n) is 15.9. The van der Waals surface area contributed by atoms with Gasteiger partial charge >= 0.3 is 0 Å². The van der Waals surface area contributed by atoms with Crippen LogP contribution in [0.1, 0.15) is 58.0 Å². The van der Waals surface area contributed by atoms with Crippen LogP contribution in [0, 0.1) is 20.8 Å². The van der Waals surface area contributed by atoms with E-state index in [1.54, 1.807) is 6.26 Å². The average molecular weight is 368 g/mol. The first-order valence-electron chi connectivity index (χ1n) is 9.31. The van der Waals surface area contributed by atoms with Crippen LogP contribution in [-0.2, 0) is 6.54 Å². The summed E-state index contributed by atoms with van der Waals surface area (Å²) in [6.07, 6.45) is 3.36. The van der Waals surface area contributed by atoms with Crippen LogP contribution in [0.2, 0.25) is 0 Å². The summed E-state index contributed by atoms with van der Waals surface area (Å²) in [5.74, 6) is 2.56. The molecule has 1 aliphatic rings. The van der Waals surface area contributed by atoms with E-state index in [-0.39, 0.29) is 11.8 Å². The Hall–Kier alpha value is -2.83. The molecule has 0 aromatic carbocycles. The van der Waals surface area contributed by atoms with Gasteiger partial charge in [-0.1, -0.05) is 5.16 Å². The molecule has 0 atom stereocenters. The van der Waals surface area contributed by atoms with Gasteiger partial charge in [0.05, 0.1) is 18.4 Å². The molecule has 142 valence electrons. The van der Waals surface area contributed by atoms with E-state index in [2.05, 4.69) is 14.7 Å². The van der Waals surface area contributed by atoms with Crippen molar-refractivity contribution in [3.63, 3.8) is 0 Å². The highest BCUT2D eigenvalue weighted by atomic mass is 16.5. The molecule has 27 heavy (non-hydrogen) atoms. The lowest BCUT2D eigenvalue weighted by Gasteiger charge is -2.30. The molecule has 4 rings (SSSR count). The Morgan fingerprint density at radius 2 is 2.04 bits per heavy atom. The lowest BCUT2D eigenvalue weighted by molar-refractivity contribution is 0.0703. The van der Waals surface area contributed by atoms with Gasteiger partial charge in [-0.3, -0.25) is 4.79 Å². The maximum absolute atomic E-state index is 13.1. The van der Waals surface area contributed by atoms with Gasteiger partial charge in [-0.25, -0.2) is 0 Å². The molecule has 1 aliphatic heterocycles. The summed E-state index contributed by atoms with van der Waals surface area (Å²) in [6.45, 7) is 7.88. The van der Waals surface area contributed by atoms with Crippen LogP contribution in [-0.4, -0.2) is 38.6 Å². The van der Waals surface area contributed by atoms with Gasteiger partial charge in [-0.05, 0) is 51.8 Å². The van der Waals surface area contributed by atoms with Gasteiger partial charge in [-0.15, -0.1) is 0 Å². The van der Waals surface area contributed by atoms with Gasteiger partial charge in [0.1, 0.15) is 5.76 Å². The van der Waals surface area contributed by atoms with Crippen LogP contribution in [0.15, 0.2) is 33.4 Å². The van der Waals surface area contributed by atoms with Crippen molar-refractivity contribution >= 4 is 5.91 Å². The van der Waals surface area contributed by atoms with E-state index in [1.807, 2.05) is 43.9 Å². The molecule has 7 heteroatoms. The van der Waals surface area contributed by atoms with Crippen molar-refractivity contribution in [2.75, 3.05) is 13.1 Å². The molecular formula is C20H24N4O3. The molecule has 0 saturated carbocycles. The van der Waals surface area contributed by atoms with Gasteiger partial charge in [0, 0.05) is 30.4 Å². The maximum atomic E-state index is 13.1. The average Bonchev–Trinajstić information content (AvgIpc) is 3.39. The number of carbonyl (C=O) groups excluding carboxylic acids is 1. The summed E-state index contributed by atoms with van der Waals surface area (Å²) in [7, 11) is 0. The molecule has 0 radical (unpaired) electrons. The highest BCUT2D eigenvalue weighted by molar-refractivity contribution is 5.95. The molecule has 1 saturated heterocycles. The van der Waals surface area contributed by atoms with E-state index in [9.17, 15) is 4.79 Å². The Morgan fingerprint density at radius 1 is 1.26 bits per heavy atom. The quantitative estimate of drug-likeness (QED) is 0.705. The number of furan rings is 1. The van der Waals surface area contributed by atoms with E-state index in [0.29, 0.717) is 31.3 Å². The topological polar surface area (TPSA) is 77.3 Å². The summed E-state index contributed by atoms with van der Waals surface area (Å²) in [6, 6.07) is 5.81. The number of aromatic nitrogens is 3. The zero-order valence-corrected chi connectivity index (χ0v) is 15.9. The molecule has 3 aromatic rings. The zero-order chi connectivity index (χ0) is 19.0. The second kappa shape index (κ2) is 7.06. The van der Waals surface area contributed by atoms with Crippen LogP contribution in [0.3, 0.4) is 0 Å². The number of aryl methyl sites for hydroxylation is 2. The highest BCUT2D eigenvalue weighted by Crippen LogP contribution is 2.28. The molecular weight excluding hydrogens is 344 g/mol. The molecule has 7 nitrogen and oxygen atoms in total. The first-order chi connectivity index (χ1) is 13.0. The Balaban J connectivity index is 1.46. The predicted octanol–water partition coefficient (Wildman–Crippen LogP) is 3.46. The lowest BCUT2D eigenvalue weighted by Crippen LogP contribution is -2.38. The molecule has 0 spiro atoms. The van der Waals surface area contributed by atoms with Gasteiger partial charge in [0.25, 0.3) is 5.91 Å². The van der Waals surface area contributed by atoms with Crippen LogP contribution in [0.4, 0.5) is 0 Å². The molecule has 3 aromatic heterocycles. The molecule has 0 bridgehead atoms. The van der Waals surface area contributed by atoms with Gasteiger partial charge in [0.2, 0.25) is 5.89 Å². The van der Waals surface area contributed by atoms with Crippen molar-refractivity contribution in [1.82, 2.24) is 19.6 Å². The summed E-state index contributed by atoms with van der Waals surface area (Å²) >= 11 is 0. The molecule has 4 heterocycles.